The van der Waals surface area contributed by atoms with E-state index < -0.39 is 0 Å². The summed E-state index contributed by atoms with van der Waals surface area (Å²) >= 11 is 0. The molecule has 2 rings (SSSR count). The summed E-state index contributed by atoms with van der Waals surface area (Å²) in [6.07, 6.45) is 2.07. The molecule has 3 heteroatoms. The summed E-state index contributed by atoms with van der Waals surface area (Å²) in [6, 6.07) is 7.41. The van der Waals surface area contributed by atoms with Gasteiger partial charge in [0.2, 0.25) is 0 Å². The van der Waals surface area contributed by atoms with Crippen LogP contribution < -0.4 is 5.32 Å². The van der Waals surface area contributed by atoms with Crippen molar-refractivity contribution in [1.29, 1.82) is 0 Å². The summed E-state index contributed by atoms with van der Waals surface area (Å²) in [4.78, 5) is 0. The third-order valence-corrected chi connectivity index (χ3v) is 3.39. The number of rotatable bonds is 2. The molecule has 1 N–H and O–H groups in total. The monoisotopic (exact) mass is 237 g/mol. The van der Waals surface area contributed by atoms with Gasteiger partial charge in [-0.25, -0.2) is 4.39 Å². The van der Waals surface area contributed by atoms with Crippen LogP contribution in [0.4, 0.5) is 4.39 Å². The molecule has 0 amide bonds. The molecule has 1 aromatic rings. The number of ether oxygens (including phenoxy) is 1. The van der Waals surface area contributed by atoms with Gasteiger partial charge in [0.05, 0.1) is 6.10 Å². The Balaban J connectivity index is 2.15. The molecule has 0 saturated carbocycles. The minimum atomic E-state index is -0.199. The van der Waals surface area contributed by atoms with E-state index in [1.54, 1.807) is 12.1 Å². The number of benzene rings is 1. The van der Waals surface area contributed by atoms with Gasteiger partial charge in [-0.2, -0.15) is 0 Å². The number of halogens is 1. The van der Waals surface area contributed by atoms with Crippen molar-refractivity contribution in [2.24, 2.45) is 0 Å². The van der Waals surface area contributed by atoms with E-state index in [-0.39, 0.29) is 18.0 Å². The van der Waals surface area contributed by atoms with Crippen LogP contribution in [0.1, 0.15) is 38.4 Å². The van der Waals surface area contributed by atoms with Crippen molar-refractivity contribution in [3.8, 4) is 0 Å². The van der Waals surface area contributed by atoms with E-state index in [0.717, 1.165) is 25.0 Å². The lowest BCUT2D eigenvalue weighted by Gasteiger charge is -2.24. The van der Waals surface area contributed by atoms with Crippen LogP contribution in [0.5, 0.6) is 0 Å². The van der Waals surface area contributed by atoms with Gasteiger partial charge in [-0.3, -0.25) is 0 Å². The van der Waals surface area contributed by atoms with Crippen LogP contribution in [0, 0.1) is 5.82 Å². The van der Waals surface area contributed by atoms with E-state index in [4.69, 9.17) is 4.74 Å². The molecule has 1 heterocycles. The molecule has 17 heavy (non-hydrogen) atoms. The van der Waals surface area contributed by atoms with Gasteiger partial charge in [0.1, 0.15) is 5.82 Å². The minimum absolute atomic E-state index is 0.0535. The third kappa shape index (κ3) is 3.05. The second-order valence-corrected chi connectivity index (χ2v) is 4.70. The Labute approximate surface area is 102 Å². The molecular weight excluding hydrogens is 217 g/mol. The molecule has 0 aromatic heterocycles. The van der Waals surface area contributed by atoms with Gasteiger partial charge < -0.3 is 10.1 Å². The lowest BCUT2D eigenvalue weighted by Crippen LogP contribution is -2.37. The lowest BCUT2D eigenvalue weighted by molar-refractivity contribution is 0.0459. The molecule has 0 radical (unpaired) electrons. The fraction of sp³-hybridized carbons (Fsp3) is 0.571. The molecular formula is C14H20FNO. The highest BCUT2D eigenvalue weighted by atomic mass is 19.1. The zero-order valence-electron chi connectivity index (χ0n) is 10.4. The smallest absolute Gasteiger partial charge is 0.123 e. The maximum atomic E-state index is 13.2. The molecule has 0 bridgehead atoms. The van der Waals surface area contributed by atoms with Crippen molar-refractivity contribution in [3.05, 3.63) is 35.6 Å². The van der Waals surface area contributed by atoms with Gasteiger partial charge in [0.25, 0.3) is 0 Å². The van der Waals surface area contributed by atoms with E-state index in [1.807, 2.05) is 6.07 Å². The molecule has 94 valence electrons. The second kappa shape index (κ2) is 5.61. The molecule has 1 aliphatic rings. The predicted octanol–water partition coefficient (Wildman–Crippen LogP) is 3.04. The van der Waals surface area contributed by atoms with Gasteiger partial charge in [-0.1, -0.05) is 19.1 Å². The van der Waals surface area contributed by atoms with Gasteiger partial charge in [0, 0.05) is 18.7 Å². The van der Waals surface area contributed by atoms with E-state index in [0.29, 0.717) is 6.04 Å². The van der Waals surface area contributed by atoms with Crippen LogP contribution in [0.3, 0.4) is 0 Å². The zero-order valence-corrected chi connectivity index (χ0v) is 10.4. The summed E-state index contributed by atoms with van der Waals surface area (Å²) in [5.74, 6) is -0.199. The molecule has 2 nitrogen and oxygen atoms in total. The molecule has 3 unspecified atom stereocenters. The van der Waals surface area contributed by atoms with Crippen molar-refractivity contribution >= 4 is 0 Å². The van der Waals surface area contributed by atoms with E-state index in [1.165, 1.54) is 6.07 Å². The highest BCUT2D eigenvalue weighted by Gasteiger charge is 2.25. The van der Waals surface area contributed by atoms with E-state index >= 15 is 0 Å². The standard InChI is InChI=1S/C14H20FNO/c1-3-13-7-8-17-14(10(2)16-13)11-5-4-6-12(15)9-11/h4-6,9-10,13-14,16H,3,7-8H2,1-2H3. The average molecular weight is 237 g/mol. The molecule has 0 aliphatic carbocycles. The Morgan fingerprint density at radius 3 is 3.00 bits per heavy atom. The molecule has 1 aromatic carbocycles. The van der Waals surface area contributed by atoms with E-state index in [9.17, 15) is 4.39 Å². The quantitative estimate of drug-likeness (QED) is 0.853. The highest BCUT2D eigenvalue weighted by molar-refractivity contribution is 5.20. The first kappa shape index (κ1) is 12.5. The Morgan fingerprint density at radius 2 is 2.29 bits per heavy atom. The first-order valence-electron chi connectivity index (χ1n) is 6.34. The van der Waals surface area contributed by atoms with Crippen LogP contribution in [0.15, 0.2) is 24.3 Å². The zero-order chi connectivity index (χ0) is 12.3. The number of nitrogens with one attached hydrogen (secondary N) is 1. The molecule has 1 aliphatic heterocycles. The summed E-state index contributed by atoms with van der Waals surface area (Å²) in [5.41, 5.74) is 0.918. The Kier molecular flexibility index (Phi) is 4.13. The maximum absolute atomic E-state index is 13.2. The fourth-order valence-corrected chi connectivity index (χ4v) is 2.41. The molecule has 1 saturated heterocycles. The van der Waals surface area contributed by atoms with Crippen LogP contribution in [0.25, 0.3) is 0 Å². The number of hydrogen-bond acceptors (Lipinski definition) is 2. The largest absolute Gasteiger partial charge is 0.372 e. The van der Waals surface area contributed by atoms with Crippen LogP contribution in [0.2, 0.25) is 0 Å². The van der Waals surface area contributed by atoms with Gasteiger partial charge in [-0.05, 0) is 37.5 Å². The summed E-state index contributed by atoms with van der Waals surface area (Å²) < 4.78 is 19.1. The Hall–Kier alpha value is -0.930. The van der Waals surface area contributed by atoms with E-state index in [2.05, 4.69) is 19.2 Å². The highest BCUT2D eigenvalue weighted by Crippen LogP contribution is 2.25. The van der Waals surface area contributed by atoms with Crippen LogP contribution in [-0.4, -0.2) is 18.7 Å². The minimum Gasteiger partial charge on any atom is -0.372 e. The van der Waals surface area contributed by atoms with Crippen molar-refractivity contribution in [3.63, 3.8) is 0 Å². The van der Waals surface area contributed by atoms with Gasteiger partial charge in [0.15, 0.2) is 0 Å². The van der Waals surface area contributed by atoms with Crippen LogP contribution in [-0.2, 0) is 4.74 Å². The van der Waals surface area contributed by atoms with Crippen molar-refractivity contribution in [2.75, 3.05) is 6.61 Å². The number of hydrogen-bond donors (Lipinski definition) is 1. The van der Waals surface area contributed by atoms with Gasteiger partial charge in [-0.15, -0.1) is 0 Å². The second-order valence-electron chi connectivity index (χ2n) is 4.70. The average Bonchev–Trinajstić information content (AvgIpc) is 2.50. The summed E-state index contributed by atoms with van der Waals surface area (Å²) in [7, 11) is 0. The first-order chi connectivity index (χ1) is 8.20. The third-order valence-electron chi connectivity index (χ3n) is 3.39. The molecule has 0 spiro atoms. The summed E-state index contributed by atoms with van der Waals surface area (Å²) in [5, 5.41) is 3.55. The topological polar surface area (TPSA) is 21.3 Å². The molecule has 3 atom stereocenters. The predicted molar refractivity (Wildman–Crippen MR) is 66.4 cm³/mol. The normalized spacial score (nSPS) is 29.9. The molecule has 1 fully saturated rings. The summed E-state index contributed by atoms with van der Waals surface area (Å²) in [6.45, 7) is 5.01. The van der Waals surface area contributed by atoms with Crippen molar-refractivity contribution in [1.82, 2.24) is 5.32 Å². The van der Waals surface area contributed by atoms with Crippen LogP contribution >= 0.6 is 0 Å². The Bertz CT molecular complexity index is 369. The van der Waals surface area contributed by atoms with Gasteiger partial charge >= 0.3 is 0 Å². The Morgan fingerprint density at radius 1 is 1.47 bits per heavy atom. The van der Waals surface area contributed by atoms with Crippen molar-refractivity contribution < 1.29 is 9.13 Å². The maximum Gasteiger partial charge on any atom is 0.123 e. The fourth-order valence-electron chi connectivity index (χ4n) is 2.41. The van der Waals surface area contributed by atoms with Crippen molar-refractivity contribution in [2.45, 2.75) is 44.9 Å². The SMILES string of the molecule is CCC1CCOC(c2cccc(F)c2)C(C)N1. The lowest BCUT2D eigenvalue weighted by atomic mass is 10.0. The first-order valence-corrected chi connectivity index (χ1v) is 6.34.